The molecule has 1 aromatic heterocycles. The summed E-state index contributed by atoms with van der Waals surface area (Å²) in [7, 11) is 0. The van der Waals surface area contributed by atoms with Crippen LogP contribution in [0.25, 0.3) is 0 Å². The molecule has 1 aromatic rings. The fourth-order valence-corrected chi connectivity index (χ4v) is 2.78. The fraction of sp³-hybridized carbons (Fsp3) is 0.556. The highest BCUT2D eigenvalue weighted by molar-refractivity contribution is 7.75. The van der Waals surface area contributed by atoms with Crippen molar-refractivity contribution in [1.82, 2.24) is 9.55 Å². The van der Waals surface area contributed by atoms with Crippen LogP contribution in [0.4, 0.5) is 5.82 Å². The first kappa shape index (κ1) is 15.4. The summed E-state index contributed by atoms with van der Waals surface area (Å²) in [6, 6.07) is 1.41. The van der Waals surface area contributed by atoms with Crippen LogP contribution in [0, 0.1) is 0 Å². The number of anilines is 1. The van der Waals surface area contributed by atoms with Gasteiger partial charge in [-0.25, -0.2) is 4.79 Å². The van der Waals surface area contributed by atoms with Gasteiger partial charge < -0.3 is 15.6 Å². The number of nitrogens with zero attached hydrogens (tertiary/aromatic N) is 2. The Labute approximate surface area is 121 Å². The van der Waals surface area contributed by atoms with Gasteiger partial charge in [0.25, 0.3) is 0 Å². The highest BCUT2D eigenvalue weighted by Gasteiger charge is 2.49. The minimum Gasteiger partial charge on any atom is -0.386 e. The zero-order valence-corrected chi connectivity index (χ0v) is 11.6. The van der Waals surface area contributed by atoms with Crippen molar-refractivity contribution >= 4 is 29.6 Å². The topological polar surface area (TPSA) is 126 Å². The zero-order valence-electron chi connectivity index (χ0n) is 9.95. The molecule has 2 aliphatic heterocycles. The molecule has 5 atom stereocenters. The van der Waals surface area contributed by atoms with Gasteiger partial charge >= 0.3 is 17.1 Å². The third-order valence-electron chi connectivity index (χ3n) is 2.95. The standard InChI is InChI=1S/C9H11N3O6S.ClH/c10-5-1-2-12(9(14)11-5)8-6(13)7-4(17-8)3-16-19(15)18-7;/h1-2,4,6-8,13H,3H2,(H2,10,11,14);1H/t4-,6-,7+,8?,19?;/m1./s1. The molecule has 0 radical (unpaired) electrons. The molecule has 20 heavy (non-hydrogen) atoms. The third-order valence-corrected chi connectivity index (χ3v) is 3.66. The first-order valence-corrected chi connectivity index (χ1v) is 6.46. The number of fused-ring (bicyclic) bond motifs is 1. The molecule has 2 unspecified atom stereocenters. The molecule has 11 heteroatoms. The van der Waals surface area contributed by atoms with Crippen LogP contribution in [0.15, 0.2) is 17.1 Å². The number of halogens is 1. The van der Waals surface area contributed by atoms with Crippen molar-refractivity contribution in [3.63, 3.8) is 0 Å². The van der Waals surface area contributed by atoms with Crippen LogP contribution in [0.5, 0.6) is 0 Å². The van der Waals surface area contributed by atoms with E-state index in [1.54, 1.807) is 0 Å². The Balaban J connectivity index is 0.00000147. The Bertz CT molecular complexity index is 583. The molecular weight excluding hydrogens is 314 g/mol. The number of aliphatic hydroxyl groups excluding tert-OH is 1. The maximum Gasteiger partial charge on any atom is 0.351 e. The van der Waals surface area contributed by atoms with E-state index in [1.807, 2.05) is 0 Å². The van der Waals surface area contributed by atoms with Gasteiger partial charge in [-0.2, -0.15) is 9.19 Å². The Morgan fingerprint density at radius 2 is 2.30 bits per heavy atom. The molecule has 0 saturated carbocycles. The van der Waals surface area contributed by atoms with Crippen molar-refractivity contribution in [3.8, 4) is 0 Å². The fourth-order valence-electron chi connectivity index (χ4n) is 2.06. The van der Waals surface area contributed by atoms with E-state index in [0.717, 1.165) is 4.57 Å². The van der Waals surface area contributed by atoms with E-state index in [2.05, 4.69) is 4.98 Å². The molecule has 2 fully saturated rings. The summed E-state index contributed by atoms with van der Waals surface area (Å²) in [6.45, 7) is 0.0159. The van der Waals surface area contributed by atoms with Crippen molar-refractivity contribution in [3.05, 3.63) is 22.7 Å². The van der Waals surface area contributed by atoms with E-state index in [1.165, 1.54) is 12.3 Å². The number of hydrogen-bond acceptors (Lipinski definition) is 8. The summed E-state index contributed by atoms with van der Waals surface area (Å²) >= 11 is -1.91. The Hall–Kier alpha value is -1.04. The van der Waals surface area contributed by atoms with Crippen LogP contribution in [-0.2, 0) is 24.5 Å². The van der Waals surface area contributed by atoms with Gasteiger partial charge in [-0.05, 0) is 6.07 Å². The predicted molar refractivity (Wildman–Crippen MR) is 69.0 cm³/mol. The molecule has 112 valence electrons. The highest BCUT2D eigenvalue weighted by atomic mass is 35.5. The van der Waals surface area contributed by atoms with Crippen LogP contribution < -0.4 is 11.4 Å². The maximum atomic E-state index is 11.7. The smallest absolute Gasteiger partial charge is 0.351 e. The lowest BCUT2D eigenvalue weighted by Crippen LogP contribution is -2.42. The van der Waals surface area contributed by atoms with Crippen LogP contribution in [0.2, 0.25) is 0 Å². The summed E-state index contributed by atoms with van der Waals surface area (Å²) in [5.41, 5.74) is 4.73. The van der Waals surface area contributed by atoms with Gasteiger partial charge in [0.15, 0.2) is 6.23 Å². The largest absolute Gasteiger partial charge is 0.386 e. The summed E-state index contributed by atoms with van der Waals surface area (Å²) in [5.74, 6) is 0.0758. The van der Waals surface area contributed by atoms with Crippen molar-refractivity contribution in [2.45, 2.75) is 24.5 Å². The molecule has 0 bridgehead atoms. The van der Waals surface area contributed by atoms with Gasteiger partial charge in [0, 0.05) is 6.20 Å². The van der Waals surface area contributed by atoms with Crippen molar-refractivity contribution in [2.75, 3.05) is 12.3 Å². The summed E-state index contributed by atoms with van der Waals surface area (Å²) in [5, 5.41) is 10.1. The second-order valence-corrected chi connectivity index (χ2v) is 4.98. The lowest BCUT2D eigenvalue weighted by Gasteiger charge is -2.23. The van der Waals surface area contributed by atoms with Crippen LogP contribution >= 0.6 is 12.4 Å². The van der Waals surface area contributed by atoms with E-state index >= 15 is 0 Å². The van der Waals surface area contributed by atoms with Gasteiger partial charge in [0.2, 0.25) is 0 Å². The van der Waals surface area contributed by atoms with E-state index in [9.17, 15) is 14.1 Å². The van der Waals surface area contributed by atoms with Crippen molar-refractivity contribution in [2.24, 2.45) is 0 Å². The van der Waals surface area contributed by atoms with Gasteiger partial charge in [-0.1, -0.05) is 0 Å². The van der Waals surface area contributed by atoms with Gasteiger partial charge in [0.1, 0.15) is 24.1 Å². The minimum atomic E-state index is -1.91. The lowest BCUT2D eigenvalue weighted by atomic mass is 10.1. The summed E-state index contributed by atoms with van der Waals surface area (Å²) in [6.07, 6.45) is -2.17. The Morgan fingerprint density at radius 3 is 3.00 bits per heavy atom. The average molecular weight is 326 g/mol. The molecule has 0 aliphatic carbocycles. The Morgan fingerprint density at radius 1 is 1.55 bits per heavy atom. The average Bonchev–Trinajstić information content (AvgIpc) is 2.67. The van der Waals surface area contributed by atoms with Gasteiger partial charge in [-0.3, -0.25) is 12.9 Å². The number of rotatable bonds is 1. The van der Waals surface area contributed by atoms with E-state index in [0.29, 0.717) is 0 Å². The van der Waals surface area contributed by atoms with Crippen LogP contribution in [0.3, 0.4) is 0 Å². The normalized spacial score (nSPS) is 36.1. The summed E-state index contributed by atoms with van der Waals surface area (Å²) < 4.78 is 27.4. The van der Waals surface area contributed by atoms with E-state index in [-0.39, 0.29) is 24.8 Å². The van der Waals surface area contributed by atoms with E-state index < -0.39 is 41.6 Å². The van der Waals surface area contributed by atoms with Crippen molar-refractivity contribution < 1.29 is 22.4 Å². The first-order chi connectivity index (χ1) is 9.06. The number of hydrogen-bond donors (Lipinski definition) is 2. The molecule has 9 nitrogen and oxygen atoms in total. The first-order valence-electron chi connectivity index (χ1n) is 5.46. The monoisotopic (exact) mass is 325 g/mol. The molecule has 3 rings (SSSR count). The Kier molecular flexibility index (Phi) is 4.42. The number of aliphatic hydroxyl groups is 1. The maximum absolute atomic E-state index is 11.7. The molecule has 2 aliphatic rings. The third kappa shape index (κ3) is 2.57. The van der Waals surface area contributed by atoms with E-state index in [4.69, 9.17) is 18.8 Å². The lowest BCUT2D eigenvalue weighted by molar-refractivity contribution is -0.0560. The second kappa shape index (κ2) is 5.76. The minimum absolute atomic E-state index is 0. The van der Waals surface area contributed by atoms with Gasteiger partial charge in [0.05, 0.1) is 6.61 Å². The van der Waals surface area contributed by atoms with Crippen LogP contribution in [-0.4, -0.2) is 43.8 Å². The molecule has 3 heterocycles. The van der Waals surface area contributed by atoms with Crippen molar-refractivity contribution in [1.29, 1.82) is 0 Å². The molecule has 0 spiro atoms. The number of ether oxygens (including phenoxy) is 1. The molecule has 3 N–H and O–H groups in total. The number of nitrogens with two attached hydrogens (primary N) is 1. The quantitative estimate of drug-likeness (QED) is 0.639. The molecule has 0 amide bonds. The number of nitrogen functional groups attached to an aromatic ring is 1. The molecule has 2 saturated heterocycles. The SMILES string of the molecule is Cl.Nc1ccn(C2O[C@@H]3COS(=O)O[C@@H]3[C@H]2O)c(=O)n1. The highest BCUT2D eigenvalue weighted by Crippen LogP contribution is 2.33. The molecular formula is C9H12ClN3O6S. The molecule has 0 aromatic carbocycles. The van der Waals surface area contributed by atoms with Gasteiger partial charge in [-0.15, -0.1) is 12.4 Å². The summed E-state index contributed by atoms with van der Waals surface area (Å²) in [4.78, 5) is 15.2. The van der Waals surface area contributed by atoms with Crippen LogP contribution in [0.1, 0.15) is 6.23 Å². The number of aromatic nitrogens is 2. The zero-order chi connectivity index (χ0) is 13.6. The predicted octanol–water partition coefficient (Wildman–Crippen LogP) is -1.50. The second-order valence-electron chi connectivity index (χ2n) is 4.15.